The fraction of sp³-hybridized carbons (Fsp3) is 0.545. The van der Waals surface area contributed by atoms with Crippen LogP contribution >= 0.6 is 11.6 Å². The summed E-state index contributed by atoms with van der Waals surface area (Å²) in [5.41, 5.74) is 1.59. The molecule has 0 bridgehead atoms. The van der Waals surface area contributed by atoms with Gasteiger partial charge < -0.3 is 14.5 Å². The first-order valence-electron chi connectivity index (χ1n) is 10.2. The molecule has 1 aromatic rings. The Morgan fingerprint density at radius 1 is 1.21 bits per heavy atom. The number of halogens is 1. The first kappa shape index (κ1) is 22.0. The maximum atomic E-state index is 13.5. The lowest BCUT2D eigenvalue weighted by atomic mass is 9.84. The fourth-order valence-electron chi connectivity index (χ4n) is 4.26. The number of rotatable bonds is 7. The molecule has 1 saturated heterocycles. The normalized spacial score (nSPS) is 22.7. The Morgan fingerprint density at radius 2 is 1.93 bits per heavy atom. The number of benzene rings is 1. The van der Waals surface area contributed by atoms with E-state index in [0.29, 0.717) is 23.9 Å². The average Bonchev–Trinajstić information content (AvgIpc) is 2.71. The van der Waals surface area contributed by atoms with Crippen LogP contribution in [0.1, 0.15) is 25.5 Å². The Bertz CT molecular complexity index is 774. The van der Waals surface area contributed by atoms with E-state index in [9.17, 15) is 9.59 Å². The molecule has 0 radical (unpaired) electrons. The number of hydrogen-bond donors (Lipinski definition) is 0. The van der Waals surface area contributed by atoms with Crippen molar-refractivity contribution >= 4 is 23.3 Å². The van der Waals surface area contributed by atoms with Gasteiger partial charge in [0, 0.05) is 56.6 Å². The Balaban J connectivity index is 1.96. The molecule has 158 valence electrons. The summed E-state index contributed by atoms with van der Waals surface area (Å²) in [6.45, 7) is 9.28. The molecule has 29 heavy (non-hydrogen) atoms. The van der Waals surface area contributed by atoms with Crippen molar-refractivity contribution in [1.82, 2.24) is 14.7 Å². The van der Waals surface area contributed by atoms with Crippen molar-refractivity contribution in [2.45, 2.75) is 19.9 Å². The zero-order valence-corrected chi connectivity index (χ0v) is 18.2. The summed E-state index contributed by atoms with van der Waals surface area (Å²) in [5.74, 6) is -1.07. The predicted molar refractivity (Wildman–Crippen MR) is 114 cm³/mol. The highest BCUT2D eigenvalue weighted by Crippen LogP contribution is 2.36. The lowest BCUT2D eigenvalue weighted by Crippen LogP contribution is -2.53. The van der Waals surface area contributed by atoms with Crippen LogP contribution in [0, 0.1) is 5.92 Å². The number of nitrogens with zero attached hydrogens (tertiary/aromatic N) is 3. The van der Waals surface area contributed by atoms with E-state index in [-0.39, 0.29) is 17.7 Å². The van der Waals surface area contributed by atoms with Gasteiger partial charge in [0.05, 0.1) is 12.6 Å². The maximum Gasteiger partial charge on any atom is 0.239 e. The monoisotopic (exact) mass is 419 g/mol. The summed E-state index contributed by atoms with van der Waals surface area (Å²) >= 11 is 6.27. The second-order valence-electron chi connectivity index (χ2n) is 7.62. The predicted octanol–water partition coefficient (Wildman–Crippen LogP) is 2.60. The van der Waals surface area contributed by atoms with Crippen molar-refractivity contribution in [3.05, 3.63) is 46.6 Å². The summed E-state index contributed by atoms with van der Waals surface area (Å²) in [4.78, 5) is 32.8. The SMILES string of the molecule is CCN1CCN(C(c2cccc(Cl)c2)C2C(=O)C=C(C)N(CCOC)C2=O)CC1. The van der Waals surface area contributed by atoms with Crippen LogP contribution in [0.5, 0.6) is 0 Å². The molecule has 2 atom stereocenters. The molecule has 0 spiro atoms. The van der Waals surface area contributed by atoms with Crippen LogP contribution in [0.3, 0.4) is 0 Å². The van der Waals surface area contributed by atoms with Gasteiger partial charge in [-0.25, -0.2) is 0 Å². The molecule has 2 aliphatic rings. The van der Waals surface area contributed by atoms with Crippen molar-refractivity contribution in [3.8, 4) is 0 Å². The number of hydrogen-bond acceptors (Lipinski definition) is 5. The van der Waals surface area contributed by atoms with E-state index in [4.69, 9.17) is 16.3 Å². The molecule has 2 heterocycles. The van der Waals surface area contributed by atoms with Gasteiger partial charge >= 0.3 is 0 Å². The van der Waals surface area contributed by atoms with Crippen molar-refractivity contribution in [1.29, 1.82) is 0 Å². The van der Waals surface area contributed by atoms with Crippen LogP contribution in [0.25, 0.3) is 0 Å². The lowest BCUT2D eigenvalue weighted by molar-refractivity contribution is -0.144. The van der Waals surface area contributed by atoms with Gasteiger partial charge in [-0.3, -0.25) is 14.5 Å². The van der Waals surface area contributed by atoms with E-state index >= 15 is 0 Å². The molecular weight excluding hydrogens is 390 g/mol. The van der Waals surface area contributed by atoms with Gasteiger partial charge in [-0.2, -0.15) is 0 Å². The summed E-state index contributed by atoms with van der Waals surface area (Å²) in [6, 6.07) is 7.21. The van der Waals surface area contributed by atoms with Gasteiger partial charge in [0.2, 0.25) is 5.91 Å². The van der Waals surface area contributed by atoms with E-state index < -0.39 is 5.92 Å². The zero-order chi connectivity index (χ0) is 21.0. The average molecular weight is 420 g/mol. The number of amides is 1. The van der Waals surface area contributed by atoms with E-state index in [1.165, 1.54) is 0 Å². The molecule has 0 aromatic heterocycles. The number of likely N-dealkylation sites (N-methyl/N-ethyl adjacent to an activating group) is 1. The Kier molecular flexibility index (Phi) is 7.46. The minimum Gasteiger partial charge on any atom is -0.383 e. The number of carbonyl (C=O) groups is 2. The topological polar surface area (TPSA) is 53.1 Å². The maximum absolute atomic E-state index is 13.5. The lowest BCUT2D eigenvalue weighted by Gasteiger charge is -2.43. The second kappa shape index (κ2) is 9.85. The van der Waals surface area contributed by atoms with E-state index in [0.717, 1.165) is 38.3 Å². The quantitative estimate of drug-likeness (QED) is 0.636. The highest BCUT2D eigenvalue weighted by molar-refractivity contribution is 6.30. The van der Waals surface area contributed by atoms with Crippen LogP contribution in [-0.2, 0) is 14.3 Å². The highest BCUT2D eigenvalue weighted by atomic mass is 35.5. The number of allylic oxidation sites excluding steroid dienone is 2. The smallest absolute Gasteiger partial charge is 0.239 e. The summed E-state index contributed by atoms with van der Waals surface area (Å²) < 4.78 is 5.17. The molecule has 1 aromatic carbocycles. The van der Waals surface area contributed by atoms with E-state index in [1.54, 1.807) is 25.0 Å². The highest BCUT2D eigenvalue weighted by Gasteiger charge is 2.43. The summed E-state index contributed by atoms with van der Waals surface area (Å²) in [6.07, 6.45) is 1.60. The largest absolute Gasteiger partial charge is 0.383 e. The molecule has 1 amide bonds. The standard InChI is InChI=1S/C22H30ClN3O3/c1-4-24-8-10-25(11-9-24)21(17-6-5-7-18(23)15-17)20-19(27)14-16(2)26(22(20)28)12-13-29-3/h5-7,14-15,20-21H,4,8-13H2,1-3H3. The molecule has 0 aliphatic carbocycles. The Morgan fingerprint density at radius 3 is 2.55 bits per heavy atom. The van der Waals surface area contributed by atoms with E-state index in [1.807, 2.05) is 24.3 Å². The Hall–Kier alpha value is -1.73. The molecule has 2 aliphatic heterocycles. The minimum atomic E-state index is -0.776. The van der Waals surface area contributed by atoms with Crippen LogP contribution in [0.4, 0.5) is 0 Å². The number of carbonyl (C=O) groups excluding carboxylic acids is 2. The van der Waals surface area contributed by atoms with Crippen molar-refractivity contribution in [3.63, 3.8) is 0 Å². The first-order valence-corrected chi connectivity index (χ1v) is 10.6. The summed E-state index contributed by atoms with van der Waals surface area (Å²) in [7, 11) is 1.61. The van der Waals surface area contributed by atoms with Crippen LogP contribution in [0.15, 0.2) is 36.0 Å². The fourth-order valence-corrected chi connectivity index (χ4v) is 4.46. The van der Waals surface area contributed by atoms with Crippen LogP contribution < -0.4 is 0 Å². The van der Waals surface area contributed by atoms with Gasteiger partial charge in [-0.15, -0.1) is 0 Å². The zero-order valence-electron chi connectivity index (χ0n) is 17.4. The van der Waals surface area contributed by atoms with Gasteiger partial charge in [0.1, 0.15) is 5.92 Å². The van der Waals surface area contributed by atoms with Crippen molar-refractivity contribution in [2.24, 2.45) is 5.92 Å². The van der Waals surface area contributed by atoms with Crippen molar-refractivity contribution in [2.75, 3.05) is 53.0 Å². The van der Waals surface area contributed by atoms with Gasteiger partial charge in [0.15, 0.2) is 5.78 Å². The van der Waals surface area contributed by atoms with E-state index in [2.05, 4.69) is 16.7 Å². The third-order valence-electron chi connectivity index (χ3n) is 5.89. The van der Waals surface area contributed by atoms with Gasteiger partial charge in [-0.1, -0.05) is 30.7 Å². The number of methoxy groups -OCH3 is 1. The second-order valence-corrected chi connectivity index (χ2v) is 8.05. The molecule has 2 unspecified atom stereocenters. The molecular formula is C22H30ClN3O3. The van der Waals surface area contributed by atoms with Gasteiger partial charge in [-0.05, 0) is 31.2 Å². The van der Waals surface area contributed by atoms with Crippen LogP contribution in [-0.4, -0.2) is 79.4 Å². The molecule has 6 nitrogen and oxygen atoms in total. The van der Waals surface area contributed by atoms with Gasteiger partial charge in [0.25, 0.3) is 0 Å². The first-order chi connectivity index (χ1) is 14.0. The van der Waals surface area contributed by atoms with Crippen molar-refractivity contribution < 1.29 is 14.3 Å². The number of piperazine rings is 1. The Labute approximate surface area is 178 Å². The summed E-state index contributed by atoms with van der Waals surface area (Å²) in [5, 5.41) is 0.610. The molecule has 7 heteroatoms. The third kappa shape index (κ3) is 4.89. The number of ether oxygens (including phenoxy) is 1. The molecule has 0 N–H and O–H groups in total. The molecule has 1 fully saturated rings. The molecule has 3 rings (SSSR count). The number of ketones is 1. The minimum absolute atomic E-state index is 0.135. The molecule has 0 saturated carbocycles. The third-order valence-corrected chi connectivity index (χ3v) is 6.12. The van der Waals surface area contributed by atoms with Crippen LogP contribution in [0.2, 0.25) is 5.02 Å².